The first-order valence-electron chi connectivity index (χ1n) is 7.83. The fraction of sp³-hybridized carbons (Fsp3) is 0.444. The van der Waals surface area contributed by atoms with E-state index in [0.29, 0.717) is 36.1 Å². The molecule has 0 saturated carbocycles. The molecule has 1 aromatic carbocycles. The Labute approximate surface area is 142 Å². The predicted molar refractivity (Wildman–Crippen MR) is 91.4 cm³/mol. The minimum absolute atomic E-state index is 0.291. The largest absolute Gasteiger partial charge is 0.493 e. The lowest BCUT2D eigenvalue weighted by Gasteiger charge is -2.13. The number of ether oxygens (including phenoxy) is 3. The van der Waals surface area contributed by atoms with Crippen molar-refractivity contribution in [2.24, 2.45) is 5.92 Å². The van der Waals surface area contributed by atoms with Gasteiger partial charge < -0.3 is 19.5 Å². The molecule has 0 radical (unpaired) electrons. The SMILES string of the molecule is C=CCNC(=O)COC(=O)c1ccc(OCCC(C)C)c(OC)c1. The van der Waals surface area contributed by atoms with Crippen molar-refractivity contribution in [1.82, 2.24) is 5.32 Å². The fourth-order valence-electron chi connectivity index (χ4n) is 1.77. The summed E-state index contributed by atoms with van der Waals surface area (Å²) in [7, 11) is 1.50. The zero-order valence-corrected chi connectivity index (χ0v) is 14.5. The van der Waals surface area contributed by atoms with Crippen LogP contribution in [0.5, 0.6) is 11.5 Å². The second-order valence-corrected chi connectivity index (χ2v) is 5.57. The van der Waals surface area contributed by atoms with E-state index in [1.165, 1.54) is 13.2 Å². The van der Waals surface area contributed by atoms with Gasteiger partial charge in [0, 0.05) is 6.54 Å². The van der Waals surface area contributed by atoms with Crippen LogP contribution in [0.1, 0.15) is 30.6 Å². The molecule has 0 aliphatic rings. The number of carbonyl (C=O) groups is 2. The van der Waals surface area contributed by atoms with Gasteiger partial charge >= 0.3 is 5.97 Å². The number of carbonyl (C=O) groups excluding carboxylic acids is 2. The Kier molecular flexibility index (Phi) is 8.39. The third-order valence-corrected chi connectivity index (χ3v) is 3.13. The molecule has 6 nitrogen and oxygen atoms in total. The highest BCUT2D eigenvalue weighted by Crippen LogP contribution is 2.28. The molecular formula is C18H25NO5. The highest BCUT2D eigenvalue weighted by atomic mass is 16.5. The summed E-state index contributed by atoms with van der Waals surface area (Å²) >= 11 is 0. The van der Waals surface area contributed by atoms with Crippen molar-refractivity contribution in [1.29, 1.82) is 0 Å². The smallest absolute Gasteiger partial charge is 0.338 e. The lowest BCUT2D eigenvalue weighted by Crippen LogP contribution is -2.28. The molecule has 1 rings (SSSR count). The zero-order valence-electron chi connectivity index (χ0n) is 14.5. The second kappa shape index (κ2) is 10.3. The highest BCUT2D eigenvalue weighted by molar-refractivity contribution is 5.92. The van der Waals surface area contributed by atoms with Crippen LogP contribution in [0.3, 0.4) is 0 Å². The lowest BCUT2D eigenvalue weighted by molar-refractivity contribution is -0.124. The van der Waals surface area contributed by atoms with E-state index in [-0.39, 0.29) is 12.5 Å². The summed E-state index contributed by atoms with van der Waals surface area (Å²) in [5, 5.41) is 2.52. The van der Waals surface area contributed by atoms with Crippen molar-refractivity contribution in [3.8, 4) is 11.5 Å². The van der Waals surface area contributed by atoms with E-state index in [4.69, 9.17) is 14.2 Å². The van der Waals surface area contributed by atoms with Crippen LogP contribution in [0.2, 0.25) is 0 Å². The van der Waals surface area contributed by atoms with E-state index in [9.17, 15) is 9.59 Å². The first-order valence-corrected chi connectivity index (χ1v) is 7.83. The standard InChI is InChI=1S/C18H25NO5/c1-5-9-19-17(20)12-24-18(21)14-6-7-15(16(11-14)22-4)23-10-8-13(2)3/h5-7,11,13H,1,8-10,12H2,2-4H3,(H,19,20). The molecule has 0 unspecified atom stereocenters. The molecule has 0 aliphatic heterocycles. The molecule has 24 heavy (non-hydrogen) atoms. The predicted octanol–water partition coefficient (Wildman–Crippen LogP) is 2.58. The number of esters is 1. The van der Waals surface area contributed by atoms with Crippen LogP contribution in [0.15, 0.2) is 30.9 Å². The molecule has 0 fully saturated rings. The Morgan fingerprint density at radius 3 is 2.67 bits per heavy atom. The van der Waals surface area contributed by atoms with Gasteiger partial charge in [-0.25, -0.2) is 4.79 Å². The Hall–Kier alpha value is -2.50. The van der Waals surface area contributed by atoms with Gasteiger partial charge in [-0.05, 0) is 30.5 Å². The first-order chi connectivity index (χ1) is 11.5. The van der Waals surface area contributed by atoms with E-state index < -0.39 is 5.97 Å². The highest BCUT2D eigenvalue weighted by Gasteiger charge is 2.14. The average molecular weight is 335 g/mol. The van der Waals surface area contributed by atoms with Crippen LogP contribution in [-0.4, -0.2) is 38.7 Å². The van der Waals surface area contributed by atoms with E-state index >= 15 is 0 Å². The van der Waals surface area contributed by atoms with Gasteiger partial charge in [0.25, 0.3) is 5.91 Å². The van der Waals surface area contributed by atoms with Crippen molar-refractivity contribution in [2.45, 2.75) is 20.3 Å². The van der Waals surface area contributed by atoms with Gasteiger partial charge in [0.15, 0.2) is 18.1 Å². The molecule has 6 heteroatoms. The minimum atomic E-state index is -0.601. The van der Waals surface area contributed by atoms with Gasteiger partial charge in [0.2, 0.25) is 0 Å². The summed E-state index contributed by atoms with van der Waals surface area (Å²) in [5.41, 5.74) is 0.291. The number of hydrogen-bond donors (Lipinski definition) is 1. The monoisotopic (exact) mass is 335 g/mol. The minimum Gasteiger partial charge on any atom is -0.493 e. The maximum Gasteiger partial charge on any atom is 0.338 e. The van der Waals surface area contributed by atoms with Crippen LogP contribution < -0.4 is 14.8 Å². The summed E-state index contributed by atoms with van der Waals surface area (Å²) < 4.78 is 15.9. The maximum absolute atomic E-state index is 12.0. The molecule has 0 saturated heterocycles. The molecule has 132 valence electrons. The Morgan fingerprint density at radius 1 is 1.29 bits per heavy atom. The Bertz CT molecular complexity index is 569. The number of rotatable bonds is 10. The van der Waals surface area contributed by atoms with Crippen molar-refractivity contribution in [3.63, 3.8) is 0 Å². The van der Waals surface area contributed by atoms with Gasteiger partial charge in [-0.1, -0.05) is 19.9 Å². The molecule has 1 N–H and O–H groups in total. The molecule has 0 bridgehead atoms. The molecule has 0 atom stereocenters. The summed E-state index contributed by atoms with van der Waals surface area (Å²) in [6.45, 7) is 8.27. The zero-order chi connectivity index (χ0) is 17.9. The van der Waals surface area contributed by atoms with Crippen molar-refractivity contribution in [3.05, 3.63) is 36.4 Å². The number of amides is 1. The van der Waals surface area contributed by atoms with Gasteiger partial charge in [-0.15, -0.1) is 6.58 Å². The lowest BCUT2D eigenvalue weighted by atomic mass is 10.1. The van der Waals surface area contributed by atoms with E-state index in [1.807, 2.05) is 0 Å². The summed E-state index contributed by atoms with van der Waals surface area (Å²) in [5.74, 6) is 0.569. The van der Waals surface area contributed by atoms with Gasteiger partial charge in [-0.3, -0.25) is 4.79 Å². The van der Waals surface area contributed by atoms with E-state index in [0.717, 1.165) is 6.42 Å². The summed E-state index contributed by atoms with van der Waals surface area (Å²) in [6.07, 6.45) is 2.47. The Balaban J connectivity index is 2.63. The average Bonchev–Trinajstić information content (AvgIpc) is 2.57. The molecule has 0 aromatic heterocycles. The summed E-state index contributed by atoms with van der Waals surface area (Å²) in [6, 6.07) is 4.78. The van der Waals surface area contributed by atoms with E-state index in [2.05, 4.69) is 25.7 Å². The first kappa shape index (κ1) is 19.5. The van der Waals surface area contributed by atoms with Crippen LogP contribution in [0.25, 0.3) is 0 Å². The second-order valence-electron chi connectivity index (χ2n) is 5.57. The maximum atomic E-state index is 12.0. The topological polar surface area (TPSA) is 73.9 Å². The van der Waals surface area contributed by atoms with Crippen LogP contribution >= 0.6 is 0 Å². The van der Waals surface area contributed by atoms with Crippen LogP contribution in [0.4, 0.5) is 0 Å². The third kappa shape index (κ3) is 6.73. The fourth-order valence-corrected chi connectivity index (χ4v) is 1.77. The number of benzene rings is 1. The molecule has 1 amide bonds. The van der Waals surface area contributed by atoms with Crippen molar-refractivity contribution >= 4 is 11.9 Å². The third-order valence-electron chi connectivity index (χ3n) is 3.13. The molecule has 0 spiro atoms. The van der Waals surface area contributed by atoms with Gasteiger partial charge in [-0.2, -0.15) is 0 Å². The van der Waals surface area contributed by atoms with Crippen LogP contribution in [-0.2, 0) is 9.53 Å². The normalized spacial score (nSPS) is 10.2. The van der Waals surface area contributed by atoms with Crippen molar-refractivity contribution in [2.75, 3.05) is 26.9 Å². The molecule has 0 aliphatic carbocycles. The molecule has 0 heterocycles. The number of hydrogen-bond acceptors (Lipinski definition) is 5. The number of methoxy groups -OCH3 is 1. The van der Waals surface area contributed by atoms with Gasteiger partial charge in [0.05, 0.1) is 19.3 Å². The van der Waals surface area contributed by atoms with Gasteiger partial charge in [0.1, 0.15) is 0 Å². The van der Waals surface area contributed by atoms with Crippen LogP contribution in [0, 0.1) is 5.92 Å². The Morgan fingerprint density at radius 2 is 2.04 bits per heavy atom. The van der Waals surface area contributed by atoms with E-state index in [1.54, 1.807) is 18.2 Å². The molecule has 1 aromatic rings. The molecular weight excluding hydrogens is 310 g/mol. The quantitative estimate of drug-likeness (QED) is 0.525. The van der Waals surface area contributed by atoms with Crippen molar-refractivity contribution < 1.29 is 23.8 Å². The number of nitrogens with one attached hydrogen (secondary N) is 1. The summed E-state index contributed by atoms with van der Waals surface area (Å²) in [4.78, 5) is 23.4.